The molecule has 0 spiro atoms. The van der Waals surface area contributed by atoms with E-state index in [2.05, 4.69) is 20.4 Å². The van der Waals surface area contributed by atoms with Crippen molar-refractivity contribution in [2.75, 3.05) is 5.32 Å². The van der Waals surface area contributed by atoms with Crippen molar-refractivity contribution in [1.82, 2.24) is 24.7 Å². The summed E-state index contributed by atoms with van der Waals surface area (Å²) in [5.41, 5.74) is -5.54. The average molecular weight is 572 g/mol. The van der Waals surface area contributed by atoms with Crippen molar-refractivity contribution in [2.45, 2.75) is 44.4 Å². The first-order chi connectivity index (χ1) is 18.6. The van der Waals surface area contributed by atoms with Crippen LogP contribution in [0.4, 0.5) is 36.4 Å². The van der Waals surface area contributed by atoms with Crippen LogP contribution in [0.2, 0.25) is 0 Å². The Bertz CT molecular complexity index is 1650. The highest BCUT2D eigenvalue weighted by Gasteiger charge is 2.37. The number of nitrogens with one attached hydrogen (secondary N) is 2. The maximum absolute atomic E-state index is 14.8. The monoisotopic (exact) mass is 572 g/mol. The van der Waals surface area contributed by atoms with Crippen molar-refractivity contribution in [2.24, 2.45) is 0 Å². The van der Waals surface area contributed by atoms with E-state index in [0.717, 1.165) is 16.8 Å². The zero-order valence-corrected chi connectivity index (χ0v) is 20.3. The number of aromatic amines is 1. The molecule has 0 aliphatic heterocycles. The standard InChI is InChI=1S/C24H19F7N6O3/c1-11(35-18-9-34-36-21(39)19(18)24(29,30)31)4-14(38)10-37-3-2-12-5-16(17(25)6-15(12)22(37)40)20-32-7-13(8-33-20)23(26,27)28/h2-3,5-9,11,14,38H,4,10H2,1H3,(H2,35,36,39)/t11-,14+/m0/s1. The summed E-state index contributed by atoms with van der Waals surface area (Å²) in [6, 6.07) is 2.70. The third-order valence-electron chi connectivity index (χ3n) is 5.86. The van der Waals surface area contributed by atoms with Gasteiger partial charge in [0.05, 0.1) is 41.0 Å². The lowest BCUT2D eigenvalue weighted by Gasteiger charge is -2.21. The van der Waals surface area contributed by atoms with Gasteiger partial charge in [-0.3, -0.25) is 9.59 Å². The fraction of sp³-hybridized carbons (Fsp3) is 0.292. The van der Waals surface area contributed by atoms with Crippen LogP contribution in [0.15, 0.2) is 52.6 Å². The van der Waals surface area contributed by atoms with Crippen LogP contribution in [0.1, 0.15) is 24.5 Å². The number of aliphatic hydroxyl groups is 1. The maximum atomic E-state index is 14.8. The van der Waals surface area contributed by atoms with E-state index in [0.29, 0.717) is 12.4 Å². The summed E-state index contributed by atoms with van der Waals surface area (Å²) in [7, 11) is 0. The first kappa shape index (κ1) is 28.7. The zero-order chi connectivity index (χ0) is 29.4. The van der Waals surface area contributed by atoms with Crippen molar-refractivity contribution >= 4 is 16.5 Å². The van der Waals surface area contributed by atoms with Crippen LogP contribution in [-0.4, -0.2) is 42.0 Å². The first-order valence-electron chi connectivity index (χ1n) is 11.5. The van der Waals surface area contributed by atoms with Gasteiger partial charge >= 0.3 is 12.4 Å². The molecule has 2 atom stereocenters. The number of benzene rings is 1. The number of fused-ring (bicyclic) bond motifs is 1. The fourth-order valence-corrected chi connectivity index (χ4v) is 4.06. The van der Waals surface area contributed by atoms with Crippen molar-refractivity contribution in [3.05, 3.63) is 80.6 Å². The second kappa shape index (κ2) is 10.7. The Labute approximate surface area is 219 Å². The number of hydrogen-bond acceptors (Lipinski definition) is 7. The predicted octanol–water partition coefficient (Wildman–Crippen LogP) is 3.97. The maximum Gasteiger partial charge on any atom is 0.423 e. The normalized spacial score (nSPS) is 13.8. The highest BCUT2D eigenvalue weighted by molar-refractivity contribution is 5.86. The lowest BCUT2D eigenvalue weighted by molar-refractivity contribution is -0.139. The number of rotatable bonds is 7. The van der Waals surface area contributed by atoms with Crippen LogP contribution in [0.5, 0.6) is 0 Å². The molecule has 3 heterocycles. The van der Waals surface area contributed by atoms with Gasteiger partial charge in [0.1, 0.15) is 11.4 Å². The number of anilines is 1. The molecule has 0 saturated heterocycles. The lowest BCUT2D eigenvalue weighted by atomic mass is 10.1. The minimum absolute atomic E-state index is 0.0987. The highest BCUT2D eigenvalue weighted by atomic mass is 19.4. The molecule has 0 bridgehead atoms. The Morgan fingerprint density at radius 1 is 1.05 bits per heavy atom. The van der Waals surface area contributed by atoms with E-state index in [9.17, 15) is 45.4 Å². The quantitative estimate of drug-likeness (QED) is 0.286. The third kappa shape index (κ3) is 6.11. The molecule has 4 rings (SSSR count). The van der Waals surface area contributed by atoms with Gasteiger partial charge in [0, 0.05) is 24.6 Å². The van der Waals surface area contributed by atoms with Crippen molar-refractivity contribution < 1.29 is 35.8 Å². The van der Waals surface area contributed by atoms with Gasteiger partial charge < -0.3 is 15.0 Å². The van der Waals surface area contributed by atoms with Gasteiger partial charge in [0.15, 0.2) is 5.82 Å². The molecular weight excluding hydrogens is 553 g/mol. The topological polar surface area (TPSA) is 126 Å². The third-order valence-corrected chi connectivity index (χ3v) is 5.86. The summed E-state index contributed by atoms with van der Waals surface area (Å²) in [4.78, 5) is 31.7. The van der Waals surface area contributed by atoms with Crippen molar-refractivity contribution in [3.8, 4) is 11.4 Å². The van der Waals surface area contributed by atoms with Gasteiger partial charge in [-0.25, -0.2) is 19.5 Å². The number of nitrogens with zero attached hydrogens (tertiary/aromatic N) is 4. The average Bonchev–Trinajstić information content (AvgIpc) is 2.84. The summed E-state index contributed by atoms with van der Waals surface area (Å²) in [5.74, 6) is -1.29. The largest absolute Gasteiger partial charge is 0.423 e. The van der Waals surface area contributed by atoms with Gasteiger partial charge in [0.2, 0.25) is 0 Å². The second-order valence-electron chi connectivity index (χ2n) is 8.91. The molecular formula is C24H19F7N6O3. The number of pyridine rings is 1. The molecule has 0 saturated carbocycles. The van der Waals surface area contributed by atoms with E-state index in [4.69, 9.17) is 0 Å². The minimum atomic E-state index is -4.95. The van der Waals surface area contributed by atoms with E-state index < -0.39 is 58.2 Å². The van der Waals surface area contributed by atoms with Crippen LogP contribution in [0.25, 0.3) is 22.2 Å². The Morgan fingerprint density at radius 3 is 2.35 bits per heavy atom. The van der Waals surface area contributed by atoms with Crippen LogP contribution >= 0.6 is 0 Å². The number of halogens is 7. The smallest absolute Gasteiger partial charge is 0.391 e. The molecule has 0 radical (unpaired) electrons. The summed E-state index contributed by atoms with van der Waals surface area (Å²) in [6.45, 7) is 1.15. The number of aromatic nitrogens is 5. The predicted molar refractivity (Wildman–Crippen MR) is 128 cm³/mol. The van der Waals surface area contributed by atoms with Gasteiger partial charge in [-0.15, -0.1) is 0 Å². The molecule has 40 heavy (non-hydrogen) atoms. The molecule has 1 aromatic carbocycles. The molecule has 4 aromatic rings. The number of H-pyrrole nitrogens is 1. The zero-order valence-electron chi connectivity index (χ0n) is 20.3. The molecule has 0 aliphatic rings. The number of hydrogen-bond donors (Lipinski definition) is 3. The van der Waals surface area contributed by atoms with Gasteiger partial charge in [0.25, 0.3) is 11.1 Å². The van der Waals surface area contributed by atoms with E-state index >= 15 is 0 Å². The Kier molecular flexibility index (Phi) is 7.65. The molecule has 9 nitrogen and oxygen atoms in total. The van der Waals surface area contributed by atoms with E-state index in [1.54, 1.807) is 5.10 Å². The molecule has 0 fully saturated rings. The van der Waals surface area contributed by atoms with Crippen LogP contribution in [-0.2, 0) is 18.9 Å². The van der Waals surface area contributed by atoms with Crippen LogP contribution < -0.4 is 16.4 Å². The van der Waals surface area contributed by atoms with Gasteiger partial charge in [-0.2, -0.15) is 31.4 Å². The lowest BCUT2D eigenvalue weighted by Crippen LogP contribution is -2.32. The molecule has 16 heteroatoms. The summed E-state index contributed by atoms with van der Waals surface area (Å²) < 4.78 is 93.9. The van der Waals surface area contributed by atoms with Crippen LogP contribution in [0, 0.1) is 5.82 Å². The second-order valence-corrected chi connectivity index (χ2v) is 8.91. The molecule has 212 valence electrons. The van der Waals surface area contributed by atoms with Crippen molar-refractivity contribution in [3.63, 3.8) is 0 Å². The Hall–Kier alpha value is -4.34. The Balaban J connectivity index is 1.51. The van der Waals surface area contributed by atoms with E-state index in [-0.39, 0.29) is 35.1 Å². The molecule has 0 aliphatic carbocycles. The first-order valence-corrected chi connectivity index (χ1v) is 11.5. The minimum Gasteiger partial charge on any atom is -0.391 e. The summed E-state index contributed by atoms with van der Waals surface area (Å²) >= 11 is 0. The Morgan fingerprint density at radius 2 is 1.73 bits per heavy atom. The van der Waals surface area contributed by atoms with E-state index in [1.807, 2.05) is 0 Å². The van der Waals surface area contributed by atoms with Gasteiger partial charge in [-0.1, -0.05) is 0 Å². The SMILES string of the molecule is C[C@@H](C[C@@H](O)Cn1ccc2cc(-c3ncc(C(F)(F)F)cn3)c(F)cc2c1=O)Nc1cn[nH]c(=O)c1C(F)(F)F. The van der Waals surface area contributed by atoms with Gasteiger partial charge in [-0.05, 0) is 36.9 Å². The van der Waals surface area contributed by atoms with Crippen molar-refractivity contribution in [1.29, 1.82) is 0 Å². The molecule has 3 aromatic heterocycles. The summed E-state index contributed by atoms with van der Waals surface area (Å²) in [6.07, 6.45) is -7.91. The van der Waals surface area contributed by atoms with E-state index in [1.165, 1.54) is 25.3 Å². The molecule has 3 N–H and O–H groups in total. The number of alkyl halides is 6. The summed E-state index contributed by atoms with van der Waals surface area (Å²) in [5, 5.41) is 18.2. The van der Waals surface area contributed by atoms with Crippen LogP contribution in [0.3, 0.4) is 0 Å². The fourth-order valence-electron chi connectivity index (χ4n) is 4.06. The number of aliphatic hydroxyl groups excluding tert-OH is 1. The molecule has 0 amide bonds. The molecule has 0 unspecified atom stereocenters. The highest BCUT2D eigenvalue weighted by Crippen LogP contribution is 2.32.